The van der Waals surface area contributed by atoms with Crippen LogP contribution in [0.5, 0.6) is 0 Å². The Morgan fingerprint density at radius 1 is 1.28 bits per heavy atom. The molecule has 1 rings (SSSR count). The van der Waals surface area contributed by atoms with Crippen LogP contribution < -0.4 is 10.5 Å². The zero-order chi connectivity index (χ0) is 14.0. The Labute approximate surface area is 113 Å². The second-order valence-corrected chi connectivity index (χ2v) is 6.04. The van der Waals surface area contributed by atoms with Gasteiger partial charge < -0.3 is 5.73 Å². The maximum absolute atomic E-state index is 12.8. The molecule has 4 nitrogen and oxygen atoms in total. The van der Waals surface area contributed by atoms with Crippen molar-refractivity contribution in [3.8, 4) is 0 Å². The summed E-state index contributed by atoms with van der Waals surface area (Å²) < 4.78 is 50.8. The summed E-state index contributed by atoms with van der Waals surface area (Å²) in [6.45, 7) is -2.02. The fourth-order valence-corrected chi connectivity index (χ4v) is 2.45. The summed E-state index contributed by atoms with van der Waals surface area (Å²) in [5, 5.41) is 0.188. The first-order valence-electron chi connectivity index (χ1n) is 4.70. The van der Waals surface area contributed by atoms with Crippen LogP contribution in [-0.4, -0.2) is 27.4 Å². The van der Waals surface area contributed by atoms with Crippen molar-refractivity contribution < 1.29 is 17.2 Å². The SMILES string of the molecule is NCC(F)(F)CNS(=O)(=O)c1ccc(Cl)c(Cl)c1. The van der Waals surface area contributed by atoms with Gasteiger partial charge in [0.05, 0.1) is 28.0 Å². The number of hydrogen-bond donors (Lipinski definition) is 2. The molecule has 102 valence electrons. The summed E-state index contributed by atoms with van der Waals surface area (Å²) in [6, 6.07) is 3.50. The molecule has 3 N–H and O–H groups in total. The van der Waals surface area contributed by atoms with Crippen LogP contribution in [0.1, 0.15) is 0 Å². The van der Waals surface area contributed by atoms with Crippen molar-refractivity contribution in [2.45, 2.75) is 10.8 Å². The number of sulfonamides is 1. The van der Waals surface area contributed by atoms with E-state index in [9.17, 15) is 17.2 Å². The van der Waals surface area contributed by atoms with Crippen molar-refractivity contribution in [3.63, 3.8) is 0 Å². The highest BCUT2D eigenvalue weighted by Gasteiger charge is 2.29. The summed E-state index contributed by atoms with van der Waals surface area (Å²) in [5.41, 5.74) is 4.79. The van der Waals surface area contributed by atoms with E-state index in [0.717, 1.165) is 12.1 Å². The van der Waals surface area contributed by atoms with Crippen LogP contribution in [0.3, 0.4) is 0 Å². The maximum Gasteiger partial charge on any atom is 0.273 e. The van der Waals surface area contributed by atoms with Gasteiger partial charge >= 0.3 is 0 Å². The molecule has 9 heteroatoms. The van der Waals surface area contributed by atoms with Crippen molar-refractivity contribution in [1.29, 1.82) is 0 Å². The van der Waals surface area contributed by atoms with Gasteiger partial charge in [-0.2, -0.15) is 0 Å². The molecule has 0 aromatic heterocycles. The largest absolute Gasteiger partial charge is 0.325 e. The van der Waals surface area contributed by atoms with Gasteiger partial charge in [-0.05, 0) is 18.2 Å². The molecular weight excluding hydrogens is 309 g/mol. The van der Waals surface area contributed by atoms with Crippen molar-refractivity contribution in [3.05, 3.63) is 28.2 Å². The van der Waals surface area contributed by atoms with Gasteiger partial charge in [-0.15, -0.1) is 0 Å². The van der Waals surface area contributed by atoms with Gasteiger partial charge in [-0.1, -0.05) is 23.2 Å². The molecule has 0 bridgehead atoms. The minimum absolute atomic E-state index is 0.0186. The molecule has 0 atom stereocenters. The van der Waals surface area contributed by atoms with Crippen LogP contribution in [0.2, 0.25) is 10.0 Å². The Morgan fingerprint density at radius 3 is 2.39 bits per heavy atom. The zero-order valence-corrected chi connectivity index (χ0v) is 11.3. The number of benzene rings is 1. The van der Waals surface area contributed by atoms with Crippen molar-refractivity contribution in [1.82, 2.24) is 4.72 Å². The lowest BCUT2D eigenvalue weighted by Crippen LogP contribution is -2.41. The summed E-state index contributed by atoms with van der Waals surface area (Å²) in [6.07, 6.45) is 0. The van der Waals surface area contributed by atoms with Gasteiger partial charge in [-0.3, -0.25) is 0 Å². The summed E-state index contributed by atoms with van der Waals surface area (Å²) in [7, 11) is -4.07. The standard InChI is InChI=1S/C9H10Cl2F2N2O2S/c10-7-2-1-6(3-8(7)11)18(16,17)15-5-9(12,13)4-14/h1-3,15H,4-5,14H2. The smallest absolute Gasteiger partial charge is 0.273 e. The number of hydrogen-bond acceptors (Lipinski definition) is 3. The molecule has 0 aliphatic rings. The second kappa shape index (κ2) is 5.66. The molecule has 1 aromatic carbocycles. The first-order valence-corrected chi connectivity index (χ1v) is 6.94. The molecule has 0 fully saturated rings. The average Bonchev–Trinajstić information content (AvgIpc) is 2.30. The van der Waals surface area contributed by atoms with Gasteiger partial charge in [0.15, 0.2) is 0 Å². The number of halogens is 4. The lowest BCUT2D eigenvalue weighted by Gasteiger charge is -2.14. The molecule has 1 aromatic rings. The van der Waals surface area contributed by atoms with Gasteiger partial charge in [0.25, 0.3) is 5.92 Å². The van der Waals surface area contributed by atoms with Gasteiger partial charge in [-0.25, -0.2) is 21.9 Å². The quantitative estimate of drug-likeness (QED) is 0.870. The maximum atomic E-state index is 12.8. The monoisotopic (exact) mass is 318 g/mol. The van der Waals surface area contributed by atoms with Crippen LogP contribution in [0.15, 0.2) is 23.1 Å². The third-order valence-corrected chi connectivity index (χ3v) is 4.16. The van der Waals surface area contributed by atoms with Crippen LogP contribution in [-0.2, 0) is 10.0 Å². The van der Waals surface area contributed by atoms with E-state index in [1.54, 1.807) is 4.72 Å². The highest BCUT2D eigenvalue weighted by atomic mass is 35.5. The lowest BCUT2D eigenvalue weighted by molar-refractivity contribution is 0.0170. The zero-order valence-electron chi connectivity index (χ0n) is 8.96. The minimum atomic E-state index is -4.07. The molecule has 0 amide bonds. The van der Waals surface area contributed by atoms with Crippen LogP contribution in [0.4, 0.5) is 8.78 Å². The highest BCUT2D eigenvalue weighted by Crippen LogP contribution is 2.24. The predicted octanol–water partition coefficient (Wildman–Crippen LogP) is 1.87. The second-order valence-electron chi connectivity index (χ2n) is 3.46. The van der Waals surface area contributed by atoms with E-state index in [-0.39, 0.29) is 14.9 Å². The first kappa shape index (κ1) is 15.6. The lowest BCUT2D eigenvalue weighted by atomic mass is 10.3. The Kier molecular flexibility index (Phi) is 4.90. The fraction of sp³-hybridized carbons (Fsp3) is 0.333. The summed E-state index contributed by atoms with van der Waals surface area (Å²) >= 11 is 11.3. The van der Waals surface area contributed by atoms with Crippen LogP contribution in [0.25, 0.3) is 0 Å². The molecule has 0 aliphatic heterocycles. The molecule has 0 spiro atoms. The number of nitrogens with one attached hydrogen (secondary N) is 1. The van der Waals surface area contributed by atoms with E-state index in [2.05, 4.69) is 0 Å². The fourth-order valence-electron chi connectivity index (χ4n) is 1.00. The molecule has 0 saturated carbocycles. The topological polar surface area (TPSA) is 72.2 Å². The number of rotatable bonds is 5. The van der Waals surface area contributed by atoms with Crippen LogP contribution >= 0.6 is 23.2 Å². The third kappa shape index (κ3) is 4.03. The molecular formula is C9H10Cl2F2N2O2S. The molecule has 0 saturated heterocycles. The predicted molar refractivity (Wildman–Crippen MR) is 65.7 cm³/mol. The highest BCUT2D eigenvalue weighted by molar-refractivity contribution is 7.89. The van der Waals surface area contributed by atoms with E-state index in [1.807, 2.05) is 0 Å². The summed E-state index contributed by atoms with van der Waals surface area (Å²) in [4.78, 5) is -0.246. The van der Waals surface area contributed by atoms with E-state index in [0.29, 0.717) is 0 Å². The van der Waals surface area contributed by atoms with E-state index < -0.39 is 29.0 Å². The van der Waals surface area contributed by atoms with E-state index in [4.69, 9.17) is 28.9 Å². The average molecular weight is 319 g/mol. The number of nitrogens with two attached hydrogens (primary N) is 1. The Morgan fingerprint density at radius 2 is 1.89 bits per heavy atom. The van der Waals surface area contributed by atoms with E-state index >= 15 is 0 Å². The van der Waals surface area contributed by atoms with Gasteiger partial charge in [0.1, 0.15) is 0 Å². The molecule has 0 unspecified atom stereocenters. The Balaban J connectivity index is 2.90. The molecule has 0 radical (unpaired) electrons. The van der Waals surface area contributed by atoms with Gasteiger partial charge in [0.2, 0.25) is 10.0 Å². The Bertz CT molecular complexity index is 537. The molecule has 0 aliphatic carbocycles. The van der Waals surface area contributed by atoms with E-state index in [1.165, 1.54) is 6.07 Å². The first-order chi connectivity index (χ1) is 8.18. The third-order valence-electron chi connectivity index (χ3n) is 2.02. The Hall–Kier alpha value is -0.470. The molecule has 0 heterocycles. The van der Waals surface area contributed by atoms with Gasteiger partial charge in [0, 0.05) is 0 Å². The number of alkyl halides is 2. The van der Waals surface area contributed by atoms with Crippen molar-refractivity contribution in [2.24, 2.45) is 5.73 Å². The van der Waals surface area contributed by atoms with Crippen LogP contribution in [0, 0.1) is 0 Å². The van der Waals surface area contributed by atoms with Crippen molar-refractivity contribution in [2.75, 3.05) is 13.1 Å². The molecule has 18 heavy (non-hydrogen) atoms. The van der Waals surface area contributed by atoms with Crippen molar-refractivity contribution >= 4 is 33.2 Å². The minimum Gasteiger partial charge on any atom is -0.325 e. The normalized spacial score (nSPS) is 12.7. The summed E-state index contributed by atoms with van der Waals surface area (Å²) in [5.74, 6) is -3.30.